The number of hydrogen-bond acceptors (Lipinski definition) is 4. The van der Waals surface area contributed by atoms with Crippen molar-refractivity contribution in [2.75, 3.05) is 10.6 Å². The van der Waals surface area contributed by atoms with Gasteiger partial charge in [0.05, 0.1) is 10.5 Å². The molecule has 2 aromatic carbocycles. The average Bonchev–Trinajstić information content (AvgIpc) is 2.63. The molecule has 140 valence electrons. The van der Waals surface area contributed by atoms with Crippen molar-refractivity contribution in [3.63, 3.8) is 0 Å². The molecule has 1 aliphatic rings. The number of anilines is 3. The van der Waals surface area contributed by atoms with Gasteiger partial charge in [-0.15, -0.1) is 0 Å². The van der Waals surface area contributed by atoms with Crippen molar-refractivity contribution in [1.29, 1.82) is 0 Å². The Balaban J connectivity index is 1.73. The number of para-hydroxylation sites is 1. The van der Waals surface area contributed by atoms with Gasteiger partial charge in [0.2, 0.25) is 5.95 Å². The molecule has 0 atom stereocenters. The third kappa shape index (κ3) is 4.40. The minimum absolute atomic E-state index is 0.421. The molecule has 4 rings (SSSR count). The molecular weight excluding hydrogens is 403 g/mol. The van der Waals surface area contributed by atoms with Crippen LogP contribution in [0.25, 0.3) is 10.9 Å². The van der Waals surface area contributed by atoms with Gasteiger partial charge < -0.3 is 10.6 Å². The second-order valence-corrected chi connectivity index (χ2v) is 8.07. The molecule has 1 saturated carbocycles. The van der Waals surface area contributed by atoms with Gasteiger partial charge in [-0.1, -0.05) is 60.1 Å². The fraction of sp³-hybridized carbons (Fsp3) is 0.300. The fourth-order valence-corrected chi connectivity index (χ4v) is 4.22. The maximum absolute atomic E-state index is 6.41. The van der Waals surface area contributed by atoms with Crippen LogP contribution in [0.2, 0.25) is 15.1 Å². The molecule has 1 heterocycles. The first kappa shape index (κ1) is 18.6. The van der Waals surface area contributed by atoms with Crippen LogP contribution >= 0.6 is 34.8 Å². The molecule has 1 aliphatic carbocycles. The summed E-state index contributed by atoms with van der Waals surface area (Å²) in [5.41, 5.74) is 1.44. The molecule has 0 aliphatic heterocycles. The van der Waals surface area contributed by atoms with Gasteiger partial charge in [0.1, 0.15) is 5.82 Å². The Morgan fingerprint density at radius 2 is 1.63 bits per heavy atom. The molecular formula is C20H19Cl3N4. The van der Waals surface area contributed by atoms with Gasteiger partial charge in [-0.3, -0.25) is 0 Å². The Morgan fingerprint density at radius 1 is 0.889 bits per heavy atom. The summed E-state index contributed by atoms with van der Waals surface area (Å²) in [4.78, 5) is 9.32. The van der Waals surface area contributed by atoms with Crippen LogP contribution in [0.4, 0.5) is 17.5 Å². The Hall–Kier alpha value is -1.75. The van der Waals surface area contributed by atoms with E-state index in [1.807, 2.05) is 18.2 Å². The Kier molecular flexibility index (Phi) is 5.58. The zero-order chi connectivity index (χ0) is 18.8. The maximum atomic E-state index is 6.41. The molecule has 0 radical (unpaired) electrons. The summed E-state index contributed by atoms with van der Waals surface area (Å²) in [6, 6.07) is 11.4. The Bertz CT molecular complexity index is 951. The van der Waals surface area contributed by atoms with Crippen molar-refractivity contribution >= 4 is 63.2 Å². The van der Waals surface area contributed by atoms with Crippen molar-refractivity contribution in [2.45, 2.75) is 38.1 Å². The van der Waals surface area contributed by atoms with Gasteiger partial charge in [0.15, 0.2) is 0 Å². The normalized spacial score (nSPS) is 15.1. The number of halogens is 3. The third-order valence-corrected chi connectivity index (χ3v) is 5.48. The largest absolute Gasteiger partial charge is 0.367 e. The first-order valence-corrected chi connectivity index (χ1v) is 10.2. The number of benzene rings is 2. The summed E-state index contributed by atoms with van der Waals surface area (Å²) in [6.07, 6.45) is 6.09. The van der Waals surface area contributed by atoms with Crippen molar-refractivity contribution in [3.05, 3.63) is 51.5 Å². The van der Waals surface area contributed by atoms with E-state index in [1.54, 1.807) is 18.2 Å². The molecule has 0 spiro atoms. The van der Waals surface area contributed by atoms with Gasteiger partial charge in [-0.05, 0) is 43.2 Å². The summed E-state index contributed by atoms with van der Waals surface area (Å²) in [6.45, 7) is 0. The minimum Gasteiger partial charge on any atom is -0.367 e. The lowest BCUT2D eigenvalue weighted by Gasteiger charge is -2.24. The highest BCUT2D eigenvalue weighted by Crippen LogP contribution is 2.31. The van der Waals surface area contributed by atoms with Crippen molar-refractivity contribution in [3.8, 4) is 0 Å². The van der Waals surface area contributed by atoms with Gasteiger partial charge in [0.25, 0.3) is 0 Å². The van der Waals surface area contributed by atoms with Gasteiger partial charge >= 0.3 is 0 Å². The van der Waals surface area contributed by atoms with Gasteiger partial charge in [-0.2, -0.15) is 4.98 Å². The van der Waals surface area contributed by atoms with E-state index in [1.165, 1.54) is 19.3 Å². The maximum Gasteiger partial charge on any atom is 0.229 e. The van der Waals surface area contributed by atoms with Crippen LogP contribution in [0.1, 0.15) is 32.1 Å². The second kappa shape index (κ2) is 8.09. The molecule has 7 heteroatoms. The number of hydrogen-bond donors (Lipinski definition) is 2. The molecule has 0 saturated heterocycles. The standard InChI is InChI=1S/C20H19Cl3N4/c21-12-9-13(22)11-15(10-12)25-20-26-18-16(7-4-8-17(18)23)19(27-20)24-14-5-2-1-3-6-14/h4,7-11,14H,1-3,5-6H2,(H2,24,25,26,27). The van der Waals surface area contributed by atoms with Crippen LogP contribution in [0.3, 0.4) is 0 Å². The van der Waals surface area contributed by atoms with Crippen LogP contribution in [-0.4, -0.2) is 16.0 Å². The molecule has 0 unspecified atom stereocenters. The highest BCUT2D eigenvalue weighted by atomic mass is 35.5. The topological polar surface area (TPSA) is 49.8 Å². The first-order chi connectivity index (χ1) is 13.1. The quantitative estimate of drug-likeness (QED) is 0.472. The number of nitrogens with zero attached hydrogens (tertiary/aromatic N) is 2. The third-order valence-electron chi connectivity index (χ3n) is 4.74. The zero-order valence-corrected chi connectivity index (χ0v) is 16.9. The fourth-order valence-electron chi connectivity index (χ4n) is 3.48. The van der Waals surface area contributed by atoms with Crippen molar-refractivity contribution < 1.29 is 0 Å². The SMILES string of the molecule is Clc1cc(Cl)cc(Nc2nc(NC3CCCCC3)c3cccc(Cl)c3n2)c1. The van der Waals surface area contributed by atoms with Crippen LogP contribution in [0, 0.1) is 0 Å². The second-order valence-electron chi connectivity index (χ2n) is 6.79. The zero-order valence-electron chi connectivity index (χ0n) is 14.6. The summed E-state index contributed by atoms with van der Waals surface area (Å²) in [5.74, 6) is 1.25. The average molecular weight is 422 g/mol. The number of aromatic nitrogens is 2. The van der Waals surface area contributed by atoms with E-state index in [4.69, 9.17) is 39.8 Å². The lowest BCUT2D eigenvalue weighted by Crippen LogP contribution is -2.23. The Morgan fingerprint density at radius 3 is 2.37 bits per heavy atom. The van der Waals surface area contributed by atoms with E-state index in [2.05, 4.69) is 15.6 Å². The van der Waals surface area contributed by atoms with Crippen LogP contribution < -0.4 is 10.6 Å². The van der Waals surface area contributed by atoms with Crippen LogP contribution in [-0.2, 0) is 0 Å². The van der Waals surface area contributed by atoms with E-state index >= 15 is 0 Å². The van der Waals surface area contributed by atoms with Gasteiger partial charge in [0, 0.05) is 27.2 Å². The first-order valence-electron chi connectivity index (χ1n) is 9.04. The molecule has 27 heavy (non-hydrogen) atoms. The van der Waals surface area contributed by atoms with E-state index in [0.717, 1.165) is 29.7 Å². The van der Waals surface area contributed by atoms with Crippen LogP contribution in [0.15, 0.2) is 36.4 Å². The number of nitrogens with one attached hydrogen (secondary N) is 2. The number of fused-ring (bicyclic) bond motifs is 1. The van der Waals surface area contributed by atoms with Gasteiger partial charge in [-0.25, -0.2) is 4.98 Å². The lowest BCUT2D eigenvalue weighted by molar-refractivity contribution is 0.462. The molecule has 1 fully saturated rings. The predicted molar refractivity (Wildman–Crippen MR) is 115 cm³/mol. The summed E-state index contributed by atoms with van der Waals surface area (Å²) in [7, 11) is 0. The smallest absolute Gasteiger partial charge is 0.229 e. The highest BCUT2D eigenvalue weighted by molar-refractivity contribution is 6.35. The molecule has 0 amide bonds. The van der Waals surface area contributed by atoms with E-state index in [0.29, 0.717) is 32.6 Å². The molecule has 4 nitrogen and oxygen atoms in total. The van der Waals surface area contributed by atoms with E-state index < -0.39 is 0 Å². The molecule has 2 N–H and O–H groups in total. The minimum atomic E-state index is 0.421. The monoisotopic (exact) mass is 420 g/mol. The molecule has 3 aromatic rings. The predicted octanol–water partition coefficient (Wildman–Crippen LogP) is 7.08. The summed E-state index contributed by atoms with van der Waals surface area (Å²) < 4.78 is 0. The Labute approximate surface area is 173 Å². The van der Waals surface area contributed by atoms with Crippen molar-refractivity contribution in [1.82, 2.24) is 9.97 Å². The molecule has 1 aromatic heterocycles. The van der Waals surface area contributed by atoms with Crippen molar-refractivity contribution in [2.24, 2.45) is 0 Å². The summed E-state index contributed by atoms with van der Waals surface area (Å²) in [5, 5.41) is 9.39. The number of rotatable bonds is 4. The van der Waals surface area contributed by atoms with E-state index in [9.17, 15) is 0 Å². The lowest BCUT2D eigenvalue weighted by atomic mass is 9.95. The van der Waals surface area contributed by atoms with Crippen LogP contribution in [0.5, 0.6) is 0 Å². The summed E-state index contributed by atoms with van der Waals surface area (Å²) >= 11 is 18.6. The van der Waals surface area contributed by atoms with E-state index in [-0.39, 0.29) is 0 Å². The molecule has 0 bridgehead atoms. The highest BCUT2D eigenvalue weighted by Gasteiger charge is 2.17.